The molecular formula is C51H51N2+. The van der Waals surface area contributed by atoms with Gasteiger partial charge in [0.25, 0.3) is 0 Å². The third-order valence-corrected chi connectivity index (χ3v) is 11.9. The second-order valence-corrected chi connectivity index (χ2v) is 15.2. The van der Waals surface area contributed by atoms with E-state index in [9.17, 15) is 0 Å². The van der Waals surface area contributed by atoms with Gasteiger partial charge in [-0.2, -0.15) is 4.58 Å². The molecule has 6 aromatic rings. The van der Waals surface area contributed by atoms with Crippen LogP contribution in [-0.2, 0) is 30.1 Å². The fraction of sp³-hybridized carbons (Fsp3) is 0.235. The van der Waals surface area contributed by atoms with Crippen molar-refractivity contribution in [1.29, 1.82) is 0 Å². The van der Waals surface area contributed by atoms with Crippen LogP contribution in [-0.4, -0.2) is 23.9 Å². The molecule has 6 aromatic carbocycles. The van der Waals surface area contributed by atoms with Gasteiger partial charge in [-0.3, -0.25) is 0 Å². The van der Waals surface area contributed by atoms with Crippen LogP contribution in [0.2, 0.25) is 0 Å². The average Bonchev–Trinajstić information content (AvgIpc) is 3.57. The van der Waals surface area contributed by atoms with E-state index < -0.39 is 0 Å². The van der Waals surface area contributed by atoms with Gasteiger partial charge in [-0.1, -0.05) is 159 Å². The normalized spacial score (nSPS) is 18.3. The minimum absolute atomic E-state index is 0.180. The molecule has 2 aliphatic heterocycles. The number of allylic oxidation sites excluding steroid dienone is 4. The lowest BCUT2D eigenvalue weighted by Crippen LogP contribution is -2.39. The van der Waals surface area contributed by atoms with Crippen molar-refractivity contribution < 1.29 is 4.58 Å². The van der Waals surface area contributed by atoms with Crippen molar-refractivity contribution >= 4 is 27.9 Å². The summed E-state index contributed by atoms with van der Waals surface area (Å²) in [5, 5.41) is 2.66. The number of benzene rings is 6. The summed E-state index contributed by atoms with van der Waals surface area (Å²) in [5.41, 5.74) is 13.3. The molecule has 264 valence electrons. The van der Waals surface area contributed by atoms with Gasteiger partial charge in [0.15, 0.2) is 5.71 Å². The lowest BCUT2D eigenvalue weighted by atomic mass is 9.69. The molecule has 0 saturated carbocycles. The summed E-state index contributed by atoms with van der Waals surface area (Å²) < 4.78 is 2.62. The highest BCUT2D eigenvalue weighted by Crippen LogP contribution is 2.54. The predicted molar refractivity (Wildman–Crippen MR) is 225 cm³/mol. The summed E-state index contributed by atoms with van der Waals surface area (Å²) >= 11 is 0. The summed E-state index contributed by atoms with van der Waals surface area (Å²) in [6.45, 7) is 7.87. The van der Waals surface area contributed by atoms with E-state index in [1.807, 2.05) is 0 Å². The Morgan fingerprint density at radius 2 is 1.28 bits per heavy atom. The molecule has 2 aliphatic rings. The van der Waals surface area contributed by atoms with Crippen LogP contribution in [0, 0.1) is 6.92 Å². The largest absolute Gasteiger partial charge is 0.347 e. The average molecular weight is 692 g/mol. The summed E-state index contributed by atoms with van der Waals surface area (Å²) in [4.78, 5) is 2.48. The van der Waals surface area contributed by atoms with Crippen molar-refractivity contribution in [3.63, 3.8) is 0 Å². The van der Waals surface area contributed by atoms with Gasteiger partial charge >= 0.3 is 0 Å². The highest BCUT2D eigenvalue weighted by molar-refractivity contribution is 6.04. The van der Waals surface area contributed by atoms with Crippen LogP contribution in [0.25, 0.3) is 10.8 Å². The van der Waals surface area contributed by atoms with Crippen molar-refractivity contribution in [2.75, 3.05) is 18.5 Å². The van der Waals surface area contributed by atoms with Gasteiger partial charge in [0.2, 0.25) is 5.69 Å². The fourth-order valence-electron chi connectivity index (χ4n) is 9.63. The number of likely N-dealkylation sites (N-methyl/N-ethyl adjacent to an activating group) is 1. The lowest BCUT2D eigenvalue weighted by Gasteiger charge is -2.33. The van der Waals surface area contributed by atoms with Crippen molar-refractivity contribution in [2.45, 2.75) is 63.7 Å². The Morgan fingerprint density at radius 3 is 1.98 bits per heavy atom. The van der Waals surface area contributed by atoms with Gasteiger partial charge < -0.3 is 4.90 Å². The van der Waals surface area contributed by atoms with Gasteiger partial charge in [-0.05, 0) is 77.8 Å². The Balaban J connectivity index is 1.32. The molecule has 0 bridgehead atoms. The fourth-order valence-corrected chi connectivity index (χ4v) is 9.63. The van der Waals surface area contributed by atoms with Crippen LogP contribution in [0.15, 0.2) is 170 Å². The lowest BCUT2D eigenvalue weighted by molar-refractivity contribution is -0.437. The van der Waals surface area contributed by atoms with Crippen LogP contribution in [0.5, 0.6) is 0 Å². The number of hydrogen-bond donors (Lipinski definition) is 0. The number of aryl methyl sites for hydroxylation is 1. The van der Waals surface area contributed by atoms with Crippen LogP contribution in [0.3, 0.4) is 0 Å². The Hall–Kier alpha value is -5.47. The van der Waals surface area contributed by atoms with E-state index in [4.69, 9.17) is 0 Å². The minimum atomic E-state index is -0.229. The first kappa shape index (κ1) is 34.6. The van der Waals surface area contributed by atoms with Gasteiger partial charge in [0.1, 0.15) is 6.54 Å². The van der Waals surface area contributed by atoms with E-state index >= 15 is 0 Å². The van der Waals surface area contributed by atoms with E-state index in [0.717, 1.165) is 38.6 Å². The number of hydrogen-bond acceptors (Lipinski definition) is 1. The summed E-state index contributed by atoms with van der Waals surface area (Å²) in [6, 6.07) is 54.1. The zero-order chi connectivity index (χ0) is 36.4. The van der Waals surface area contributed by atoms with Gasteiger partial charge in [0.05, 0.1) is 5.41 Å². The van der Waals surface area contributed by atoms with E-state index in [0.29, 0.717) is 0 Å². The second kappa shape index (κ2) is 14.5. The first-order valence-electron chi connectivity index (χ1n) is 19.5. The molecule has 0 fully saturated rings. The molecule has 0 radical (unpaired) electrons. The molecule has 0 spiro atoms. The molecule has 2 heterocycles. The van der Waals surface area contributed by atoms with Gasteiger partial charge in [-0.15, -0.1) is 0 Å². The van der Waals surface area contributed by atoms with Crippen LogP contribution in [0.4, 0.5) is 11.4 Å². The van der Waals surface area contributed by atoms with Gasteiger partial charge in [0, 0.05) is 48.0 Å². The first-order valence-corrected chi connectivity index (χ1v) is 19.5. The molecule has 0 aliphatic carbocycles. The molecular weight excluding hydrogens is 641 g/mol. The molecule has 0 saturated heterocycles. The predicted octanol–water partition coefficient (Wildman–Crippen LogP) is 11.9. The van der Waals surface area contributed by atoms with E-state index in [1.54, 1.807) is 0 Å². The van der Waals surface area contributed by atoms with Crippen LogP contribution < -0.4 is 4.90 Å². The molecule has 0 N–H and O–H groups in total. The quantitative estimate of drug-likeness (QED) is 0.123. The summed E-state index contributed by atoms with van der Waals surface area (Å²) in [7, 11) is 2.28. The standard InChI is InChI=1S/C51H51N2/c1-5-33-53-45-28-16-15-27-44(45)51(35-39-20-9-7-10-21-39,36-40-22-11-8-12-23-40)48(53)30-18-29-47-50(6-2,37-41-24-17-19-38(3)34-41)49-43-26-14-13-25-42(43)31-32-46(49)52(47)4/h7-32,34H,5-6,33,35-37H2,1-4H3/q+1. The van der Waals surface area contributed by atoms with Crippen LogP contribution in [0.1, 0.15) is 60.1 Å². The van der Waals surface area contributed by atoms with Gasteiger partial charge in [-0.25, -0.2) is 0 Å². The Kier molecular flexibility index (Phi) is 9.48. The highest BCUT2D eigenvalue weighted by atomic mass is 15.2. The molecule has 0 amide bonds. The summed E-state index contributed by atoms with van der Waals surface area (Å²) in [6.07, 6.45) is 12.2. The third kappa shape index (κ3) is 6.15. The Bertz CT molecular complexity index is 2300. The molecule has 2 heteroatoms. The number of para-hydroxylation sites is 1. The highest BCUT2D eigenvalue weighted by Gasteiger charge is 2.51. The Morgan fingerprint density at radius 1 is 0.642 bits per heavy atom. The monoisotopic (exact) mass is 691 g/mol. The molecule has 0 aromatic heterocycles. The first-order chi connectivity index (χ1) is 26.0. The van der Waals surface area contributed by atoms with Crippen molar-refractivity contribution in [3.8, 4) is 0 Å². The maximum atomic E-state index is 2.62. The number of nitrogens with zero attached hydrogens (tertiary/aromatic N) is 2. The number of fused-ring (bicyclic) bond motifs is 4. The number of rotatable bonds is 11. The smallest absolute Gasteiger partial charge is 0.209 e. The van der Waals surface area contributed by atoms with E-state index in [2.05, 4.69) is 201 Å². The molecule has 53 heavy (non-hydrogen) atoms. The third-order valence-electron chi connectivity index (χ3n) is 11.9. The van der Waals surface area contributed by atoms with Crippen molar-refractivity contribution in [1.82, 2.24) is 0 Å². The summed E-state index contributed by atoms with van der Waals surface area (Å²) in [5.74, 6) is 0. The van der Waals surface area contributed by atoms with Crippen LogP contribution >= 0.6 is 0 Å². The molecule has 8 rings (SSSR count). The van der Waals surface area contributed by atoms with Crippen molar-refractivity contribution in [3.05, 3.63) is 203 Å². The maximum absolute atomic E-state index is 2.62. The number of anilines is 1. The van der Waals surface area contributed by atoms with Crippen molar-refractivity contribution in [2.24, 2.45) is 0 Å². The minimum Gasteiger partial charge on any atom is -0.347 e. The van der Waals surface area contributed by atoms with E-state index in [-0.39, 0.29) is 10.8 Å². The zero-order valence-electron chi connectivity index (χ0n) is 31.7. The Labute approximate surface area is 316 Å². The SMILES string of the molecule is CCC[N+]1=C(C=CC=C2N(C)c3ccc4ccccc4c3C2(CC)Cc2cccc(C)c2)C(Cc2ccccc2)(Cc2ccccc2)c2ccccc21. The zero-order valence-corrected chi connectivity index (χ0v) is 31.7. The molecule has 1 unspecified atom stereocenters. The second-order valence-electron chi connectivity index (χ2n) is 15.2. The topological polar surface area (TPSA) is 6.25 Å². The molecule has 1 atom stereocenters. The maximum Gasteiger partial charge on any atom is 0.209 e. The van der Waals surface area contributed by atoms with E-state index in [1.165, 1.54) is 66.9 Å². The molecule has 2 nitrogen and oxygen atoms in total.